The quantitative estimate of drug-likeness (QED) is 0.707. The molecule has 0 saturated carbocycles. The molecule has 0 unspecified atom stereocenters. The van der Waals surface area contributed by atoms with Crippen LogP contribution in [0.25, 0.3) is 0 Å². The fourth-order valence-corrected chi connectivity index (χ4v) is 3.32. The molecule has 9 heteroatoms. The molecule has 0 bridgehead atoms. The highest BCUT2D eigenvalue weighted by molar-refractivity contribution is 5.96. The van der Waals surface area contributed by atoms with Crippen LogP contribution >= 0.6 is 0 Å². The van der Waals surface area contributed by atoms with Gasteiger partial charge in [0.2, 0.25) is 17.7 Å². The van der Waals surface area contributed by atoms with E-state index in [-0.39, 0.29) is 24.9 Å². The summed E-state index contributed by atoms with van der Waals surface area (Å²) in [5.74, 6) is -6.70. The third-order valence-electron chi connectivity index (χ3n) is 5.01. The summed E-state index contributed by atoms with van der Waals surface area (Å²) in [6, 6.07) is 10.8. The summed E-state index contributed by atoms with van der Waals surface area (Å²) < 4.78 is 39.8. The van der Waals surface area contributed by atoms with Crippen LogP contribution in [0.1, 0.15) is 24.9 Å². The van der Waals surface area contributed by atoms with Gasteiger partial charge in [0.1, 0.15) is 0 Å². The fraction of sp³-hybridized carbons (Fsp3) is 0.286. The van der Waals surface area contributed by atoms with E-state index in [2.05, 4.69) is 10.6 Å². The van der Waals surface area contributed by atoms with Crippen molar-refractivity contribution in [1.82, 2.24) is 10.2 Å². The second-order valence-corrected chi connectivity index (χ2v) is 7.02. The van der Waals surface area contributed by atoms with Gasteiger partial charge in [-0.2, -0.15) is 0 Å². The molecular formula is C21H20F3N3O3. The number of nitrogens with zero attached hydrogens (tertiary/aromatic N) is 1. The molecule has 2 aromatic rings. The van der Waals surface area contributed by atoms with E-state index in [1.807, 2.05) is 37.3 Å². The Bertz CT molecular complexity index is 969. The molecule has 0 aliphatic carbocycles. The summed E-state index contributed by atoms with van der Waals surface area (Å²) in [5, 5.41) is 4.46. The Kier molecular flexibility index (Phi) is 6.39. The van der Waals surface area contributed by atoms with Crippen molar-refractivity contribution in [2.75, 3.05) is 18.4 Å². The van der Waals surface area contributed by atoms with Gasteiger partial charge < -0.3 is 15.5 Å². The molecule has 0 aromatic heterocycles. The van der Waals surface area contributed by atoms with E-state index in [1.54, 1.807) is 4.90 Å². The molecule has 2 N–H and O–H groups in total. The second-order valence-electron chi connectivity index (χ2n) is 7.02. The molecule has 1 saturated heterocycles. The van der Waals surface area contributed by atoms with Gasteiger partial charge in [0, 0.05) is 13.0 Å². The van der Waals surface area contributed by atoms with E-state index in [4.69, 9.17) is 0 Å². The zero-order valence-electron chi connectivity index (χ0n) is 16.1. The Morgan fingerprint density at radius 1 is 1.10 bits per heavy atom. The lowest BCUT2D eigenvalue weighted by atomic mass is 10.1. The van der Waals surface area contributed by atoms with E-state index in [1.165, 1.54) is 0 Å². The number of anilines is 1. The monoisotopic (exact) mass is 419 g/mol. The van der Waals surface area contributed by atoms with Gasteiger partial charge in [-0.05, 0) is 24.6 Å². The van der Waals surface area contributed by atoms with Gasteiger partial charge in [0.05, 0.1) is 24.2 Å². The molecule has 3 amide bonds. The molecule has 2 atom stereocenters. The molecule has 1 aliphatic heterocycles. The number of halogens is 3. The predicted octanol–water partition coefficient (Wildman–Crippen LogP) is 2.77. The molecule has 1 heterocycles. The first kappa shape index (κ1) is 21.4. The summed E-state index contributed by atoms with van der Waals surface area (Å²) >= 11 is 0. The normalized spacial score (nSPS) is 17.0. The number of nitrogens with one attached hydrogen (secondary N) is 2. The van der Waals surface area contributed by atoms with Gasteiger partial charge in [0.15, 0.2) is 17.5 Å². The highest BCUT2D eigenvalue weighted by Gasteiger charge is 2.37. The molecular weight excluding hydrogens is 399 g/mol. The van der Waals surface area contributed by atoms with Crippen LogP contribution in [-0.4, -0.2) is 35.7 Å². The Morgan fingerprint density at radius 2 is 1.80 bits per heavy atom. The summed E-state index contributed by atoms with van der Waals surface area (Å²) in [6.07, 6.45) is 0.0163. The lowest BCUT2D eigenvalue weighted by Crippen LogP contribution is -2.38. The van der Waals surface area contributed by atoms with Gasteiger partial charge in [-0.3, -0.25) is 14.4 Å². The SMILES string of the molecule is C[C@@H](c1ccccc1)N1C[C@H](C(=O)NCC(=O)Nc2ccc(F)c(F)c2F)CC1=O. The van der Waals surface area contributed by atoms with Crippen LogP contribution in [0.4, 0.5) is 18.9 Å². The van der Waals surface area contributed by atoms with E-state index in [9.17, 15) is 27.6 Å². The van der Waals surface area contributed by atoms with Crippen molar-refractivity contribution >= 4 is 23.4 Å². The van der Waals surface area contributed by atoms with Crippen molar-refractivity contribution in [2.24, 2.45) is 5.92 Å². The number of hydrogen-bond acceptors (Lipinski definition) is 3. The van der Waals surface area contributed by atoms with Gasteiger partial charge >= 0.3 is 0 Å². The van der Waals surface area contributed by atoms with Crippen molar-refractivity contribution in [3.8, 4) is 0 Å². The summed E-state index contributed by atoms with van der Waals surface area (Å²) in [5.41, 5.74) is 0.409. The average Bonchev–Trinajstić information content (AvgIpc) is 3.14. The van der Waals surface area contributed by atoms with Crippen molar-refractivity contribution in [2.45, 2.75) is 19.4 Å². The minimum absolute atomic E-state index is 0.0163. The highest BCUT2D eigenvalue weighted by Crippen LogP contribution is 2.28. The molecule has 0 spiro atoms. The molecule has 2 aromatic carbocycles. The van der Waals surface area contributed by atoms with Crippen LogP contribution in [0.5, 0.6) is 0 Å². The number of rotatable bonds is 6. The number of amides is 3. The van der Waals surface area contributed by atoms with Gasteiger partial charge in [0.25, 0.3) is 0 Å². The van der Waals surface area contributed by atoms with Crippen LogP contribution in [0.3, 0.4) is 0 Å². The van der Waals surface area contributed by atoms with Crippen molar-refractivity contribution in [1.29, 1.82) is 0 Å². The molecule has 1 fully saturated rings. The topological polar surface area (TPSA) is 78.5 Å². The summed E-state index contributed by atoms with van der Waals surface area (Å²) in [4.78, 5) is 38.2. The maximum Gasteiger partial charge on any atom is 0.243 e. The van der Waals surface area contributed by atoms with E-state index in [0.29, 0.717) is 6.07 Å². The van der Waals surface area contributed by atoms with Gasteiger partial charge in [-0.25, -0.2) is 13.2 Å². The third kappa shape index (κ3) is 4.61. The lowest BCUT2D eigenvalue weighted by molar-refractivity contribution is -0.130. The number of carbonyl (C=O) groups is 3. The van der Waals surface area contributed by atoms with E-state index in [0.717, 1.165) is 11.6 Å². The smallest absolute Gasteiger partial charge is 0.243 e. The Morgan fingerprint density at radius 3 is 2.50 bits per heavy atom. The largest absolute Gasteiger partial charge is 0.347 e. The zero-order valence-corrected chi connectivity index (χ0v) is 16.1. The fourth-order valence-electron chi connectivity index (χ4n) is 3.32. The first-order chi connectivity index (χ1) is 14.3. The standard InChI is InChI=1S/C21H20F3N3O3/c1-12(13-5-3-2-4-6-13)27-11-14(9-18(27)29)21(30)25-10-17(28)26-16-8-7-15(22)19(23)20(16)24/h2-8,12,14H,9-11H2,1H3,(H,25,30)(H,26,28)/t12-,14+/m0/s1. The van der Waals surface area contributed by atoms with Crippen LogP contribution < -0.4 is 10.6 Å². The number of benzene rings is 2. The first-order valence-electron chi connectivity index (χ1n) is 9.33. The third-order valence-corrected chi connectivity index (χ3v) is 5.01. The minimum atomic E-state index is -1.70. The van der Waals surface area contributed by atoms with Crippen molar-refractivity contribution in [3.63, 3.8) is 0 Å². The van der Waals surface area contributed by atoms with Crippen molar-refractivity contribution < 1.29 is 27.6 Å². The van der Waals surface area contributed by atoms with Crippen LogP contribution in [-0.2, 0) is 14.4 Å². The molecule has 1 aliphatic rings. The number of hydrogen-bond donors (Lipinski definition) is 2. The Hall–Kier alpha value is -3.36. The van der Waals surface area contributed by atoms with E-state index >= 15 is 0 Å². The summed E-state index contributed by atoms with van der Waals surface area (Å²) in [7, 11) is 0. The van der Waals surface area contributed by atoms with Crippen LogP contribution in [0.15, 0.2) is 42.5 Å². The maximum atomic E-state index is 13.6. The predicted molar refractivity (Wildman–Crippen MR) is 103 cm³/mol. The minimum Gasteiger partial charge on any atom is -0.347 e. The summed E-state index contributed by atoms with van der Waals surface area (Å²) in [6.45, 7) is 1.58. The highest BCUT2D eigenvalue weighted by atomic mass is 19.2. The molecule has 0 radical (unpaired) electrons. The first-order valence-corrected chi connectivity index (χ1v) is 9.33. The molecule has 30 heavy (non-hydrogen) atoms. The van der Waals surface area contributed by atoms with E-state index < -0.39 is 47.4 Å². The lowest BCUT2D eigenvalue weighted by Gasteiger charge is -2.25. The molecule has 6 nitrogen and oxygen atoms in total. The Labute approximate surface area is 171 Å². The number of carbonyl (C=O) groups excluding carboxylic acids is 3. The Balaban J connectivity index is 1.53. The number of likely N-dealkylation sites (tertiary alicyclic amines) is 1. The van der Waals surface area contributed by atoms with Crippen molar-refractivity contribution in [3.05, 3.63) is 65.5 Å². The van der Waals surface area contributed by atoms with Crippen LogP contribution in [0, 0.1) is 23.4 Å². The molecule has 158 valence electrons. The van der Waals surface area contributed by atoms with Crippen LogP contribution in [0.2, 0.25) is 0 Å². The van der Waals surface area contributed by atoms with Gasteiger partial charge in [-0.1, -0.05) is 30.3 Å². The van der Waals surface area contributed by atoms with Gasteiger partial charge in [-0.15, -0.1) is 0 Å². The maximum absolute atomic E-state index is 13.6. The second kappa shape index (κ2) is 8.98. The molecule has 3 rings (SSSR count). The average molecular weight is 419 g/mol. The zero-order chi connectivity index (χ0) is 21.8.